The van der Waals surface area contributed by atoms with Crippen LogP contribution in [0.4, 0.5) is 0 Å². The molecule has 0 bridgehead atoms. The van der Waals surface area contributed by atoms with Crippen LogP contribution in [0.1, 0.15) is 5.82 Å². The van der Waals surface area contributed by atoms with E-state index < -0.39 is 9.05 Å². The molecule has 1 heterocycles. The third-order valence-electron chi connectivity index (χ3n) is 2.44. The Hall–Kier alpha value is -1.02. The summed E-state index contributed by atoms with van der Waals surface area (Å²) in [5, 5.41) is 7.32. The lowest BCUT2D eigenvalue weighted by Gasteiger charge is -2.10. The summed E-state index contributed by atoms with van der Waals surface area (Å²) in [7, 11) is 3.03. The normalized spacial score (nSPS) is 11.6. The molecule has 1 aromatic heterocycles. The SMILES string of the molecule is Cn1cnnc1COc1ccc(S(=O)(=O)Cl)c(Cl)c1Cl. The first kappa shape index (κ1) is 15.4. The topological polar surface area (TPSA) is 74.1 Å². The molecule has 0 N–H and O–H groups in total. The summed E-state index contributed by atoms with van der Waals surface area (Å²) in [5.41, 5.74) is 0. The number of nitrogens with zero attached hydrogens (tertiary/aromatic N) is 3. The first-order valence-corrected chi connectivity index (χ1v) is 8.25. The van der Waals surface area contributed by atoms with E-state index in [4.69, 9.17) is 38.6 Å². The van der Waals surface area contributed by atoms with Crippen molar-refractivity contribution in [3.8, 4) is 5.75 Å². The highest BCUT2D eigenvalue weighted by Crippen LogP contribution is 2.38. The summed E-state index contributed by atoms with van der Waals surface area (Å²) in [5.74, 6) is 0.801. The van der Waals surface area contributed by atoms with E-state index in [1.165, 1.54) is 18.5 Å². The monoisotopic (exact) mass is 355 g/mol. The molecule has 2 aromatic rings. The predicted octanol–water partition coefficient (Wildman–Crippen LogP) is 2.63. The van der Waals surface area contributed by atoms with Gasteiger partial charge in [0, 0.05) is 17.7 Å². The largest absolute Gasteiger partial charge is 0.484 e. The second-order valence-corrected chi connectivity index (χ2v) is 7.06. The van der Waals surface area contributed by atoms with Gasteiger partial charge in [0.05, 0.1) is 5.02 Å². The highest BCUT2D eigenvalue weighted by Gasteiger charge is 2.20. The molecular formula is C10H8Cl3N3O3S. The van der Waals surface area contributed by atoms with Crippen LogP contribution in [-0.4, -0.2) is 23.2 Å². The molecule has 6 nitrogen and oxygen atoms in total. The first-order chi connectivity index (χ1) is 9.30. The number of rotatable bonds is 4. The molecule has 2 rings (SSSR count). The molecule has 0 aliphatic carbocycles. The molecule has 10 heteroatoms. The lowest BCUT2D eigenvalue weighted by Crippen LogP contribution is -2.04. The molecule has 0 saturated heterocycles. The Balaban J connectivity index is 2.27. The minimum Gasteiger partial charge on any atom is -0.484 e. The minimum atomic E-state index is -3.96. The Bertz CT molecular complexity index is 745. The van der Waals surface area contributed by atoms with Gasteiger partial charge in [0.1, 0.15) is 28.6 Å². The standard InChI is InChI=1S/C10H8Cl3N3O3S/c1-16-5-14-15-8(16)4-19-6-2-3-7(20(13,17)18)10(12)9(6)11/h2-3,5H,4H2,1H3. The Morgan fingerprint density at radius 3 is 2.55 bits per heavy atom. The van der Waals surface area contributed by atoms with Crippen molar-refractivity contribution in [2.24, 2.45) is 7.05 Å². The van der Waals surface area contributed by atoms with E-state index in [-0.39, 0.29) is 27.3 Å². The van der Waals surface area contributed by atoms with Gasteiger partial charge in [-0.25, -0.2) is 8.42 Å². The number of aromatic nitrogens is 3. The zero-order valence-electron chi connectivity index (χ0n) is 10.0. The summed E-state index contributed by atoms with van der Waals surface area (Å²) in [6.07, 6.45) is 1.52. The van der Waals surface area contributed by atoms with Crippen LogP contribution in [0.3, 0.4) is 0 Å². The second kappa shape index (κ2) is 5.77. The lowest BCUT2D eigenvalue weighted by molar-refractivity contribution is 0.291. The van der Waals surface area contributed by atoms with Crippen molar-refractivity contribution in [2.45, 2.75) is 11.5 Å². The van der Waals surface area contributed by atoms with Gasteiger partial charge in [-0.15, -0.1) is 10.2 Å². The van der Waals surface area contributed by atoms with E-state index in [0.29, 0.717) is 5.82 Å². The van der Waals surface area contributed by atoms with E-state index in [0.717, 1.165) is 0 Å². The van der Waals surface area contributed by atoms with E-state index in [2.05, 4.69) is 10.2 Å². The fraction of sp³-hybridized carbons (Fsp3) is 0.200. The Morgan fingerprint density at radius 2 is 2.00 bits per heavy atom. The van der Waals surface area contributed by atoms with Gasteiger partial charge in [0.15, 0.2) is 5.82 Å². The third-order valence-corrected chi connectivity index (χ3v) is 4.78. The van der Waals surface area contributed by atoms with Crippen LogP contribution in [0.5, 0.6) is 5.75 Å². The molecule has 1 aromatic carbocycles. The predicted molar refractivity (Wildman–Crippen MR) is 74.8 cm³/mol. The van der Waals surface area contributed by atoms with Crippen molar-refractivity contribution in [3.05, 3.63) is 34.3 Å². The maximum atomic E-state index is 11.3. The number of hydrogen-bond acceptors (Lipinski definition) is 5. The van der Waals surface area contributed by atoms with Gasteiger partial charge in [0.2, 0.25) is 0 Å². The van der Waals surface area contributed by atoms with Crippen LogP contribution in [0.25, 0.3) is 0 Å². The van der Waals surface area contributed by atoms with Gasteiger partial charge in [-0.1, -0.05) is 23.2 Å². The quantitative estimate of drug-likeness (QED) is 0.787. The maximum absolute atomic E-state index is 11.3. The fourth-order valence-corrected chi connectivity index (χ4v) is 3.18. The molecule has 0 aliphatic heterocycles. The maximum Gasteiger partial charge on any atom is 0.262 e. The molecule has 20 heavy (non-hydrogen) atoms. The molecule has 0 aliphatic rings. The summed E-state index contributed by atoms with van der Waals surface area (Å²) in [4.78, 5) is -0.267. The van der Waals surface area contributed by atoms with Gasteiger partial charge in [-0.2, -0.15) is 0 Å². The van der Waals surface area contributed by atoms with Crippen molar-refractivity contribution in [2.75, 3.05) is 0 Å². The van der Waals surface area contributed by atoms with Gasteiger partial charge in [-0.05, 0) is 12.1 Å². The van der Waals surface area contributed by atoms with Crippen molar-refractivity contribution < 1.29 is 13.2 Å². The molecule has 0 spiro atoms. The average molecular weight is 357 g/mol. The molecule has 0 unspecified atom stereocenters. The van der Waals surface area contributed by atoms with Gasteiger partial charge >= 0.3 is 0 Å². The molecule has 108 valence electrons. The number of benzene rings is 1. The summed E-state index contributed by atoms with van der Waals surface area (Å²) < 4.78 is 29.6. The number of aryl methyl sites for hydroxylation is 1. The van der Waals surface area contributed by atoms with Gasteiger partial charge < -0.3 is 9.30 Å². The smallest absolute Gasteiger partial charge is 0.262 e. The van der Waals surface area contributed by atoms with Gasteiger partial charge in [0.25, 0.3) is 9.05 Å². The van der Waals surface area contributed by atoms with Crippen LogP contribution < -0.4 is 4.74 Å². The van der Waals surface area contributed by atoms with Crippen LogP contribution in [-0.2, 0) is 22.7 Å². The third kappa shape index (κ3) is 3.17. The minimum absolute atomic E-state index is 0.0319. The van der Waals surface area contributed by atoms with E-state index >= 15 is 0 Å². The molecular weight excluding hydrogens is 349 g/mol. The first-order valence-electron chi connectivity index (χ1n) is 5.19. The summed E-state index contributed by atoms with van der Waals surface area (Å²) >= 11 is 11.8. The zero-order chi connectivity index (χ0) is 14.9. The molecule has 0 saturated carbocycles. The van der Waals surface area contributed by atoms with Gasteiger partial charge in [-0.3, -0.25) is 0 Å². The summed E-state index contributed by atoms with van der Waals surface area (Å²) in [6, 6.07) is 2.60. The van der Waals surface area contributed by atoms with Crippen LogP contribution in [0, 0.1) is 0 Å². The Morgan fingerprint density at radius 1 is 1.30 bits per heavy atom. The van der Waals surface area contributed by atoms with E-state index in [1.54, 1.807) is 11.6 Å². The zero-order valence-corrected chi connectivity index (χ0v) is 13.1. The molecule has 0 amide bonds. The van der Waals surface area contributed by atoms with Crippen molar-refractivity contribution >= 4 is 42.9 Å². The van der Waals surface area contributed by atoms with E-state index in [1.807, 2.05) is 0 Å². The fourth-order valence-electron chi connectivity index (χ4n) is 1.39. The molecule has 0 radical (unpaired) electrons. The Labute approximate surface area is 129 Å². The molecule has 0 fully saturated rings. The van der Waals surface area contributed by atoms with Crippen LogP contribution >= 0.6 is 33.9 Å². The lowest BCUT2D eigenvalue weighted by atomic mass is 10.3. The second-order valence-electron chi connectivity index (χ2n) is 3.77. The van der Waals surface area contributed by atoms with E-state index in [9.17, 15) is 8.42 Å². The van der Waals surface area contributed by atoms with Crippen molar-refractivity contribution in [3.63, 3.8) is 0 Å². The number of ether oxygens (including phenoxy) is 1. The highest BCUT2D eigenvalue weighted by molar-refractivity contribution is 8.13. The summed E-state index contributed by atoms with van der Waals surface area (Å²) in [6.45, 7) is 0.111. The number of halogens is 3. The van der Waals surface area contributed by atoms with Crippen molar-refractivity contribution in [1.29, 1.82) is 0 Å². The van der Waals surface area contributed by atoms with Crippen molar-refractivity contribution in [1.82, 2.24) is 14.8 Å². The Kier molecular flexibility index (Phi) is 4.43. The number of hydrogen-bond donors (Lipinski definition) is 0. The average Bonchev–Trinajstić information content (AvgIpc) is 2.75. The molecule has 0 atom stereocenters. The highest BCUT2D eigenvalue weighted by atomic mass is 35.7. The van der Waals surface area contributed by atoms with Crippen LogP contribution in [0.15, 0.2) is 23.4 Å². The van der Waals surface area contributed by atoms with Crippen LogP contribution in [0.2, 0.25) is 10.0 Å².